The highest BCUT2D eigenvalue weighted by atomic mass is 32.1. The number of hydrogen-bond acceptors (Lipinski definition) is 2. The van der Waals surface area contributed by atoms with E-state index in [-0.39, 0.29) is 0 Å². The Morgan fingerprint density at radius 2 is 2.25 bits per heavy atom. The average Bonchev–Trinajstić information content (AvgIpc) is 3.10. The second-order valence-corrected chi connectivity index (χ2v) is 5.01. The highest BCUT2D eigenvalue weighted by Crippen LogP contribution is 2.32. The molecule has 1 aromatic carbocycles. The van der Waals surface area contributed by atoms with E-state index in [2.05, 4.69) is 24.1 Å². The van der Waals surface area contributed by atoms with Gasteiger partial charge >= 0.3 is 0 Å². The van der Waals surface area contributed by atoms with Crippen molar-refractivity contribution in [3.63, 3.8) is 0 Å². The summed E-state index contributed by atoms with van der Waals surface area (Å²) in [5, 5.41) is 0. The van der Waals surface area contributed by atoms with Crippen molar-refractivity contribution < 1.29 is 0 Å². The van der Waals surface area contributed by atoms with Crippen molar-refractivity contribution in [3.05, 3.63) is 29.8 Å². The maximum absolute atomic E-state index is 5.63. The average molecular weight is 234 g/mol. The molecule has 86 valence electrons. The molecule has 0 bridgehead atoms. The molecule has 2 rings (SSSR count). The largest absolute Gasteiger partial charge is 0.389 e. The van der Waals surface area contributed by atoms with Crippen LogP contribution in [0.5, 0.6) is 0 Å². The molecule has 1 fully saturated rings. The van der Waals surface area contributed by atoms with Crippen molar-refractivity contribution in [2.75, 3.05) is 18.5 Å². The molecule has 0 aliphatic heterocycles. The third-order valence-electron chi connectivity index (χ3n) is 3.14. The first-order chi connectivity index (χ1) is 7.66. The lowest BCUT2D eigenvalue weighted by atomic mass is 10.2. The number of hydrogen-bond donors (Lipinski definition) is 1. The first-order valence-electron chi connectivity index (χ1n) is 5.78. The highest BCUT2D eigenvalue weighted by molar-refractivity contribution is 7.80. The fraction of sp³-hybridized carbons (Fsp3) is 0.462. The molecular weight excluding hydrogens is 216 g/mol. The predicted octanol–water partition coefficient (Wildman–Crippen LogP) is 2.56. The Bertz CT molecular complexity index is 385. The summed E-state index contributed by atoms with van der Waals surface area (Å²) >= 11 is 4.98. The molecule has 0 unspecified atom stereocenters. The van der Waals surface area contributed by atoms with Crippen molar-refractivity contribution in [2.24, 2.45) is 11.7 Å². The topological polar surface area (TPSA) is 29.3 Å². The van der Waals surface area contributed by atoms with Crippen molar-refractivity contribution >= 4 is 22.9 Å². The number of benzene rings is 1. The van der Waals surface area contributed by atoms with Crippen LogP contribution < -0.4 is 10.6 Å². The van der Waals surface area contributed by atoms with Gasteiger partial charge in [-0.25, -0.2) is 0 Å². The number of thiocarbonyl (C=S) groups is 1. The minimum Gasteiger partial charge on any atom is -0.389 e. The summed E-state index contributed by atoms with van der Waals surface area (Å²) in [5.74, 6) is 0.973. The van der Waals surface area contributed by atoms with Gasteiger partial charge in [-0.3, -0.25) is 0 Å². The van der Waals surface area contributed by atoms with Crippen LogP contribution in [0.1, 0.15) is 24.8 Å². The van der Waals surface area contributed by atoms with E-state index < -0.39 is 0 Å². The molecule has 0 saturated heterocycles. The third kappa shape index (κ3) is 2.95. The van der Waals surface area contributed by atoms with E-state index >= 15 is 0 Å². The fourth-order valence-electron chi connectivity index (χ4n) is 1.81. The Morgan fingerprint density at radius 1 is 1.50 bits per heavy atom. The first-order valence-corrected chi connectivity index (χ1v) is 6.18. The van der Waals surface area contributed by atoms with Gasteiger partial charge in [-0.15, -0.1) is 0 Å². The van der Waals surface area contributed by atoms with Crippen LogP contribution in [0.4, 0.5) is 5.69 Å². The standard InChI is InChI=1S/C13H18N2S/c1-15(8-7-10-5-6-10)12-4-2-3-11(9-12)13(14)16/h2-4,9-10H,5-8H2,1H3,(H2,14,16). The van der Waals surface area contributed by atoms with Gasteiger partial charge < -0.3 is 10.6 Å². The molecule has 2 nitrogen and oxygen atoms in total. The SMILES string of the molecule is CN(CCC1CC1)c1cccc(C(N)=S)c1. The van der Waals surface area contributed by atoms with Crippen LogP contribution in [0.3, 0.4) is 0 Å². The normalized spacial score (nSPS) is 14.8. The van der Waals surface area contributed by atoms with E-state index in [9.17, 15) is 0 Å². The van der Waals surface area contributed by atoms with Gasteiger partial charge in [0.25, 0.3) is 0 Å². The molecule has 0 atom stereocenters. The summed E-state index contributed by atoms with van der Waals surface area (Å²) in [6.45, 7) is 1.12. The number of rotatable bonds is 5. The zero-order chi connectivity index (χ0) is 11.5. The van der Waals surface area contributed by atoms with Gasteiger partial charge in [0, 0.05) is 24.8 Å². The molecule has 1 saturated carbocycles. The fourth-order valence-corrected chi connectivity index (χ4v) is 1.94. The number of anilines is 1. The quantitative estimate of drug-likeness (QED) is 0.794. The van der Waals surface area contributed by atoms with Gasteiger partial charge in [-0.1, -0.05) is 37.2 Å². The molecule has 16 heavy (non-hydrogen) atoms. The van der Waals surface area contributed by atoms with E-state index in [0.29, 0.717) is 4.99 Å². The summed E-state index contributed by atoms with van der Waals surface area (Å²) in [6.07, 6.45) is 4.13. The molecule has 0 spiro atoms. The maximum Gasteiger partial charge on any atom is 0.104 e. The van der Waals surface area contributed by atoms with Gasteiger partial charge in [0.05, 0.1) is 0 Å². The highest BCUT2D eigenvalue weighted by Gasteiger charge is 2.21. The summed E-state index contributed by atoms with van der Waals surface area (Å²) in [5.41, 5.74) is 7.78. The minimum absolute atomic E-state index is 0.470. The van der Waals surface area contributed by atoms with Crippen molar-refractivity contribution in [2.45, 2.75) is 19.3 Å². The van der Waals surface area contributed by atoms with Crippen LogP contribution in [-0.2, 0) is 0 Å². The zero-order valence-electron chi connectivity index (χ0n) is 9.65. The third-order valence-corrected chi connectivity index (χ3v) is 3.38. The van der Waals surface area contributed by atoms with E-state index in [4.69, 9.17) is 18.0 Å². The Balaban J connectivity index is 2.00. The molecule has 3 heteroatoms. The van der Waals surface area contributed by atoms with Crippen LogP contribution in [0.15, 0.2) is 24.3 Å². The molecule has 1 aromatic rings. The lowest BCUT2D eigenvalue weighted by molar-refractivity contribution is 0.711. The van der Waals surface area contributed by atoms with Crippen LogP contribution in [0.2, 0.25) is 0 Å². The van der Waals surface area contributed by atoms with Crippen LogP contribution in [-0.4, -0.2) is 18.6 Å². The molecular formula is C13H18N2S. The monoisotopic (exact) mass is 234 g/mol. The van der Waals surface area contributed by atoms with Gasteiger partial charge in [-0.05, 0) is 24.5 Å². The van der Waals surface area contributed by atoms with E-state index in [1.807, 2.05) is 12.1 Å². The lowest BCUT2D eigenvalue weighted by Crippen LogP contribution is -2.19. The van der Waals surface area contributed by atoms with Crippen LogP contribution in [0, 0.1) is 5.92 Å². The molecule has 0 amide bonds. The van der Waals surface area contributed by atoms with Gasteiger partial charge in [0.2, 0.25) is 0 Å². The number of nitrogens with two attached hydrogens (primary N) is 1. The second-order valence-electron chi connectivity index (χ2n) is 4.57. The Labute approximate surface area is 102 Å². The summed E-state index contributed by atoms with van der Waals surface area (Å²) in [7, 11) is 2.13. The number of nitrogens with zero attached hydrogens (tertiary/aromatic N) is 1. The molecule has 1 aliphatic carbocycles. The molecule has 2 N–H and O–H groups in total. The summed E-state index contributed by atoms with van der Waals surface area (Å²) < 4.78 is 0. The van der Waals surface area contributed by atoms with E-state index in [0.717, 1.165) is 18.0 Å². The van der Waals surface area contributed by atoms with Gasteiger partial charge in [-0.2, -0.15) is 0 Å². The van der Waals surface area contributed by atoms with Crippen molar-refractivity contribution in [1.82, 2.24) is 0 Å². The Hall–Kier alpha value is -1.09. The molecule has 1 aliphatic rings. The molecule has 0 aromatic heterocycles. The van der Waals surface area contributed by atoms with Gasteiger partial charge in [0.1, 0.15) is 4.99 Å². The Kier molecular flexibility index (Phi) is 3.44. The second kappa shape index (κ2) is 4.83. The van der Waals surface area contributed by atoms with Crippen molar-refractivity contribution in [3.8, 4) is 0 Å². The van der Waals surface area contributed by atoms with E-state index in [1.165, 1.54) is 24.9 Å². The van der Waals surface area contributed by atoms with E-state index in [1.54, 1.807) is 0 Å². The predicted molar refractivity (Wildman–Crippen MR) is 72.9 cm³/mol. The Morgan fingerprint density at radius 3 is 2.88 bits per heavy atom. The first kappa shape index (κ1) is 11.4. The smallest absolute Gasteiger partial charge is 0.104 e. The molecule has 0 heterocycles. The van der Waals surface area contributed by atoms with Gasteiger partial charge in [0.15, 0.2) is 0 Å². The summed E-state index contributed by atoms with van der Waals surface area (Å²) in [4.78, 5) is 2.75. The molecule has 0 radical (unpaired) electrons. The zero-order valence-corrected chi connectivity index (χ0v) is 10.5. The van der Waals surface area contributed by atoms with Crippen LogP contribution >= 0.6 is 12.2 Å². The lowest BCUT2D eigenvalue weighted by Gasteiger charge is -2.19. The maximum atomic E-state index is 5.63. The minimum atomic E-state index is 0.470. The van der Waals surface area contributed by atoms with Crippen LogP contribution in [0.25, 0.3) is 0 Å². The van der Waals surface area contributed by atoms with Crippen molar-refractivity contribution in [1.29, 1.82) is 0 Å². The summed E-state index contributed by atoms with van der Waals surface area (Å²) in [6, 6.07) is 8.14.